The largest absolute Gasteiger partial charge is 0.457 e. The highest BCUT2D eigenvalue weighted by Crippen LogP contribution is 2.39. The molecule has 210 valence electrons. The van der Waals surface area contributed by atoms with Crippen LogP contribution in [0.2, 0.25) is 0 Å². The van der Waals surface area contributed by atoms with Crippen LogP contribution in [-0.2, 0) is 4.79 Å². The Morgan fingerprint density at radius 3 is 2.24 bits per heavy atom. The molecule has 0 aliphatic carbocycles. The second kappa shape index (κ2) is 12.6. The summed E-state index contributed by atoms with van der Waals surface area (Å²) >= 11 is 0. The quantitative estimate of drug-likeness (QED) is 0.172. The van der Waals surface area contributed by atoms with E-state index < -0.39 is 11.8 Å². The number of pyridine rings is 1. The maximum Gasteiger partial charge on any atom is 0.298 e. The molecule has 3 aromatic carbocycles. The molecule has 0 saturated carbocycles. The lowest BCUT2D eigenvalue weighted by Gasteiger charge is -2.17. The third-order valence-electron chi connectivity index (χ3n) is 6.33. The van der Waals surface area contributed by atoms with Gasteiger partial charge in [-0.1, -0.05) is 32.0 Å². The lowest BCUT2D eigenvalue weighted by molar-refractivity contribution is -0.120. The Bertz CT molecular complexity index is 1700. The summed E-state index contributed by atoms with van der Waals surface area (Å²) in [5.41, 5.74) is 2.71. The molecule has 0 aliphatic heterocycles. The number of carbonyl (C=O) groups is 3. The van der Waals surface area contributed by atoms with E-state index in [2.05, 4.69) is 15.6 Å². The zero-order chi connectivity index (χ0) is 29.5. The number of nitrogens with zero attached hydrogens (tertiary/aromatic N) is 1. The SMILES string of the molecule is CC(C)c1cc(NC(=O)c2ccc(Oc3ccccc3)cc2)c(OC=O)cc1-c1ccc(C(=O)Nc2ccncc2)o1. The molecule has 5 aromatic rings. The summed E-state index contributed by atoms with van der Waals surface area (Å²) in [5, 5.41) is 5.60. The number of furan rings is 1. The summed E-state index contributed by atoms with van der Waals surface area (Å²) in [6.07, 6.45) is 3.14. The Kier molecular flexibility index (Phi) is 8.39. The van der Waals surface area contributed by atoms with Crippen LogP contribution in [0.3, 0.4) is 0 Å². The first-order chi connectivity index (χ1) is 20.4. The van der Waals surface area contributed by atoms with Gasteiger partial charge in [0.1, 0.15) is 17.3 Å². The van der Waals surface area contributed by atoms with Crippen LogP contribution >= 0.6 is 0 Å². The molecule has 2 amide bonds. The molecule has 42 heavy (non-hydrogen) atoms. The van der Waals surface area contributed by atoms with Crippen LogP contribution in [-0.4, -0.2) is 23.3 Å². The summed E-state index contributed by atoms with van der Waals surface area (Å²) in [6.45, 7) is 4.25. The molecule has 0 atom stereocenters. The molecule has 2 heterocycles. The Balaban J connectivity index is 1.38. The number of amides is 2. The number of para-hydroxylation sites is 1. The molecule has 0 aliphatic rings. The van der Waals surface area contributed by atoms with Gasteiger partial charge in [0.2, 0.25) is 0 Å². The smallest absolute Gasteiger partial charge is 0.298 e. The molecular formula is C33H27N3O6. The molecule has 2 N–H and O–H groups in total. The van der Waals surface area contributed by atoms with E-state index in [0.717, 1.165) is 5.56 Å². The predicted molar refractivity (Wildman–Crippen MR) is 158 cm³/mol. The maximum atomic E-state index is 13.1. The van der Waals surface area contributed by atoms with Crippen LogP contribution in [0.5, 0.6) is 17.2 Å². The number of benzene rings is 3. The standard InChI is InChI=1S/C33H27N3O6/c1-21(2)26-18-28(36-32(38)22-8-10-25(11-9-22)41-24-6-4-3-5-7-24)31(40-20-37)19-27(26)29-12-13-30(42-29)33(39)35-23-14-16-34-17-15-23/h3-21H,1-2H3,(H,36,38)(H,34,35,39). The highest BCUT2D eigenvalue weighted by atomic mass is 16.5. The Labute approximate surface area is 242 Å². The van der Waals surface area contributed by atoms with Gasteiger partial charge in [-0.3, -0.25) is 19.4 Å². The molecule has 5 rings (SSSR count). The molecule has 0 unspecified atom stereocenters. The van der Waals surface area contributed by atoms with Gasteiger partial charge < -0.3 is 24.5 Å². The average Bonchev–Trinajstić information content (AvgIpc) is 3.50. The zero-order valence-corrected chi connectivity index (χ0v) is 22.9. The molecule has 9 heteroatoms. The van der Waals surface area contributed by atoms with Crippen LogP contribution in [0.4, 0.5) is 11.4 Å². The van der Waals surface area contributed by atoms with Crippen molar-refractivity contribution in [1.29, 1.82) is 0 Å². The lowest BCUT2D eigenvalue weighted by atomic mass is 9.94. The minimum Gasteiger partial charge on any atom is -0.457 e. The van der Waals surface area contributed by atoms with Gasteiger partial charge in [-0.05, 0) is 84.3 Å². The zero-order valence-electron chi connectivity index (χ0n) is 22.9. The van der Waals surface area contributed by atoms with Crippen molar-refractivity contribution in [2.45, 2.75) is 19.8 Å². The van der Waals surface area contributed by atoms with Gasteiger partial charge in [-0.25, -0.2) is 0 Å². The molecule has 0 fully saturated rings. The Morgan fingerprint density at radius 1 is 0.833 bits per heavy atom. The van der Waals surface area contributed by atoms with Crippen molar-refractivity contribution in [3.05, 3.63) is 120 Å². The first-order valence-corrected chi connectivity index (χ1v) is 13.2. The van der Waals surface area contributed by atoms with Crippen LogP contribution in [0.1, 0.15) is 46.2 Å². The van der Waals surface area contributed by atoms with E-state index in [-0.39, 0.29) is 23.9 Å². The minimum absolute atomic E-state index is 0.00505. The van der Waals surface area contributed by atoms with Crippen molar-refractivity contribution in [3.8, 4) is 28.6 Å². The van der Waals surface area contributed by atoms with Gasteiger partial charge in [0, 0.05) is 29.2 Å². The van der Waals surface area contributed by atoms with Crippen molar-refractivity contribution >= 4 is 29.7 Å². The summed E-state index contributed by atoms with van der Waals surface area (Å²) in [5.74, 6) is 1.08. The first kappa shape index (κ1) is 27.9. The van der Waals surface area contributed by atoms with E-state index >= 15 is 0 Å². The number of hydrogen-bond acceptors (Lipinski definition) is 7. The van der Waals surface area contributed by atoms with Gasteiger partial charge in [0.05, 0.1) is 5.69 Å². The topological polar surface area (TPSA) is 120 Å². The highest BCUT2D eigenvalue weighted by Gasteiger charge is 2.21. The summed E-state index contributed by atoms with van der Waals surface area (Å²) in [4.78, 5) is 41.2. The first-order valence-electron chi connectivity index (χ1n) is 13.2. The Hall–Kier alpha value is -5.70. The molecule has 0 bridgehead atoms. The molecule has 2 aromatic heterocycles. The van der Waals surface area contributed by atoms with E-state index in [1.54, 1.807) is 73.1 Å². The van der Waals surface area contributed by atoms with Gasteiger partial charge in [-0.2, -0.15) is 0 Å². The summed E-state index contributed by atoms with van der Waals surface area (Å²) in [7, 11) is 0. The van der Waals surface area contributed by atoms with Crippen molar-refractivity contribution in [2.24, 2.45) is 0 Å². The second-order valence-corrected chi connectivity index (χ2v) is 9.55. The number of aromatic nitrogens is 1. The van der Waals surface area contributed by atoms with Crippen molar-refractivity contribution < 1.29 is 28.3 Å². The molecular weight excluding hydrogens is 534 g/mol. The molecule has 0 saturated heterocycles. The summed E-state index contributed by atoms with van der Waals surface area (Å²) < 4.78 is 16.9. The van der Waals surface area contributed by atoms with Crippen LogP contribution in [0.25, 0.3) is 11.3 Å². The number of hydrogen-bond donors (Lipinski definition) is 2. The maximum absolute atomic E-state index is 13.1. The number of rotatable bonds is 10. The number of anilines is 2. The van der Waals surface area contributed by atoms with Gasteiger partial charge in [0.25, 0.3) is 18.3 Å². The number of nitrogens with one attached hydrogen (secondary N) is 2. The fraction of sp³-hybridized carbons (Fsp3) is 0.0909. The minimum atomic E-state index is -0.424. The summed E-state index contributed by atoms with van der Waals surface area (Å²) in [6, 6.07) is 25.9. The fourth-order valence-corrected chi connectivity index (χ4v) is 4.26. The monoisotopic (exact) mass is 561 g/mol. The number of carbonyl (C=O) groups excluding carboxylic acids is 3. The average molecular weight is 562 g/mol. The third-order valence-corrected chi connectivity index (χ3v) is 6.33. The predicted octanol–water partition coefficient (Wildman–Crippen LogP) is 7.30. The van der Waals surface area contributed by atoms with Crippen molar-refractivity contribution in [1.82, 2.24) is 4.98 Å². The van der Waals surface area contributed by atoms with Crippen LogP contribution in [0, 0.1) is 0 Å². The van der Waals surface area contributed by atoms with Gasteiger partial charge in [-0.15, -0.1) is 0 Å². The highest BCUT2D eigenvalue weighted by molar-refractivity contribution is 6.05. The van der Waals surface area contributed by atoms with E-state index in [9.17, 15) is 14.4 Å². The molecule has 9 nitrogen and oxygen atoms in total. The van der Waals surface area contributed by atoms with Gasteiger partial charge in [0.15, 0.2) is 11.5 Å². The lowest BCUT2D eigenvalue weighted by Crippen LogP contribution is -2.13. The molecule has 0 radical (unpaired) electrons. The van der Waals surface area contributed by atoms with E-state index in [4.69, 9.17) is 13.9 Å². The Morgan fingerprint density at radius 2 is 1.55 bits per heavy atom. The van der Waals surface area contributed by atoms with Crippen molar-refractivity contribution in [2.75, 3.05) is 10.6 Å². The van der Waals surface area contributed by atoms with Gasteiger partial charge >= 0.3 is 0 Å². The van der Waals surface area contributed by atoms with Crippen LogP contribution < -0.4 is 20.1 Å². The fourth-order valence-electron chi connectivity index (χ4n) is 4.26. The normalized spacial score (nSPS) is 10.6. The molecule has 0 spiro atoms. The van der Waals surface area contributed by atoms with E-state index in [0.29, 0.717) is 39.8 Å². The number of ether oxygens (including phenoxy) is 2. The third kappa shape index (κ3) is 6.53. The van der Waals surface area contributed by atoms with Crippen LogP contribution in [0.15, 0.2) is 108 Å². The van der Waals surface area contributed by atoms with Crippen molar-refractivity contribution in [3.63, 3.8) is 0 Å². The second-order valence-electron chi connectivity index (χ2n) is 9.55. The van der Waals surface area contributed by atoms with E-state index in [1.807, 2.05) is 44.2 Å². The van der Waals surface area contributed by atoms with E-state index in [1.165, 1.54) is 0 Å².